The second-order valence-corrected chi connectivity index (χ2v) is 40.2. The van der Waals surface area contributed by atoms with Crippen LogP contribution in [0, 0.1) is 70.6 Å². The van der Waals surface area contributed by atoms with Crippen molar-refractivity contribution in [2.45, 2.75) is 196 Å². The van der Waals surface area contributed by atoms with E-state index in [1.165, 1.54) is 96.2 Å². The molecule has 36 heteroatoms. The molecule has 4 atom stereocenters. The molecule has 2 aliphatic carbocycles. The van der Waals surface area contributed by atoms with Gasteiger partial charge in [0.2, 0.25) is 0 Å². The molecule has 0 amide bonds. The van der Waals surface area contributed by atoms with E-state index in [0.717, 1.165) is 123 Å². The van der Waals surface area contributed by atoms with Crippen LogP contribution in [0.2, 0.25) is 10.3 Å². The number of nitrogens with zero attached hydrogens (tertiary/aromatic N) is 9. The number of benzene rings is 8. The van der Waals surface area contributed by atoms with E-state index in [1.54, 1.807) is 58.5 Å². The Morgan fingerprint density at radius 1 is 0.458 bits per heavy atom. The van der Waals surface area contributed by atoms with Crippen molar-refractivity contribution >= 4 is 94.3 Å². The highest BCUT2D eigenvalue weighted by Gasteiger charge is 2.54. The molecule has 0 spiro atoms. The molecule has 754 valence electrons. The second-order valence-electron chi connectivity index (χ2n) is 38.4. The van der Waals surface area contributed by atoms with Gasteiger partial charge >= 0.3 is 26.2 Å². The number of esters is 2. The molecule has 5 aromatic heterocycles. The summed E-state index contributed by atoms with van der Waals surface area (Å²) in [5.74, 6) is 1.39. The number of hydrogen-bond acceptors (Lipinski definition) is 24. The Kier molecular flexibility index (Phi) is 33.9. The minimum absolute atomic E-state index is 0.0383. The maximum absolute atomic E-state index is 15.3. The number of halogens is 5. The van der Waals surface area contributed by atoms with Crippen LogP contribution in [-0.2, 0) is 78.7 Å². The Bertz CT molecular complexity index is 7120. The van der Waals surface area contributed by atoms with Gasteiger partial charge in [0.1, 0.15) is 57.1 Å². The van der Waals surface area contributed by atoms with E-state index in [1.807, 2.05) is 136 Å². The fourth-order valence-corrected chi connectivity index (χ4v) is 18.2. The van der Waals surface area contributed by atoms with Gasteiger partial charge in [0, 0.05) is 136 Å². The molecule has 0 radical (unpaired) electrons. The van der Waals surface area contributed by atoms with E-state index in [2.05, 4.69) is 119 Å². The minimum atomic E-state index is -0.543. The highest BCUT2D eigenvalue weighted by atomic mass is 127. The number of anilines is 2. The first-order valence-electron chi connectivity index (χ1n) is 46.9. The maximum atomic E-state index is 15.3. The van der Waals surface area contributed by atoms with Crippen molar-refractivity contribution in [3.8, 4) is 67.9 Å². The molecule has 4 aliphatic heterocycles. The predicted octanol–water partition coefficient (Wildman–Crippen LogP) is 17.6. The Balaban J connectivity index is 0.000000151. The number of ether oxygens (including phenoxy) is 6. The van der Waals surface area contributed by atoms with Crippen molar-refractivity contribution in [2.75, 3.05) is 38.9 Å². The zero-order valence-corrected chi connectivity index (χ0v) is 88.5. The SMILES string of the molecule is COC(=O)C[C@@H]1COc2cc(O[C@@H]3CCc4c(-c5c(C)cc(-c6ccc(=O)n(C)n6)cc5C)ccc(F)c43)ccc21.COC(=O)C[C@@H]1COc2cc(O[C@@H]3CCc4c(B5OC(C)(C)C(C)(C)O5)ccc(F)c43)ccc21.Cc1cc(-c2ccc(=O)n(C)n2)cc(C)c1I.Cc1cc(-c2ccc(=O)n(C)n2)cc(C)c1N.Cc1cc(B2OC(C)(C)C(C)(C)O2)cc(C)c1N.Cn1nc(Cl)ccc1=O.O=c1ccc(Cl)n[nH]1. The van der Waals surface area contributed by atoms with Crippen LogP contribution < -0.4 is 69.1 Å². The smallest absolute Gasteiger partial charge is 0.492 e. The average molecular weight is 2110 g/mol. The summed E-state index contributed by atoms with van der Waals surface area (Å²) in [6.07, 6.45) is 2.38. The molecule has 13 aromatic rings. The van der Waals surface area contributed by atoms with E-state index in [9.17, 15) is 33.6 Å². The van der Waals surface area contributed by atoms with Crippen LogP contribution in [0.3, 0.4) is 0 Å². The molecule has 0 unspecified atom stereocenters. The van der Waals surface area contributed by atoms with E-state index in [0.29, 0.717) is 83.3 Å². The van der Waals surface area contributed by atoms with Gasteiger partial charge in [-0.25, -0.2) is 32.6 Å². The van der Waals surface area contributed by atoms with Gasteiger partial charge in [0.05, 0.1) is 79.8 Å². The molecule has 2 saturated heterocycles. The third-order valence-electron chi connectivity index (χ3n) is 27.0. The lowest BCUT2D eigenvalue weighted by molar-refractivity contribution is -0.142. The van der Waals surface area contributed by atoms with Crippen LogP contribution in [0.4, 0.5) is 20.2 Å². The van der Waals surface area contributed by atoms with Gasteiger partial charge < -0.3 is 58.5 Å². The highest BCUT2D eigenvalue weighted by Crippen LogP contribution is 2.48. The van der Waals surface area contributed by atoms with Gasteiger partial charge in [-0.3, -0.25) is 33.6 Å². The van der Waals surface area contributed by atoms with Gasteiger partial charge in [-0.15, -0.1) is 0 Å². The number of carbonyl (C=O) groups is 2. The topological polar surface area (TPSA) is 364 Å². The number of carbonyl (C=O) groups excluding carboxylic acids is 2. The first-order chi connectivity index (χ1) is 67.9. The number of H-pyrrole nitrogens is 1. The lowest BCUT2D eigenvalue weighted by atomic mass is 9.75. The van der Waals surface area contributed by atoms with Crippen LogP contribution >= 0.6 is 45.8 Å². The average Bonchev–Trinajstić information content (AvgIpc) is 1.61. The van der Waals surface area contributed by atoms with Crippen molar-refractivity contribution in [1.82, 2.24) is 49.3 Å². The van der Waals surface area contributed by atoms with Crippen molar-refractivity contribution in [3.05, 3.63) is 325 Å². The lowest BCUT2D eigenvalue weighted by Crippen LogP contribution is -2.41. The molecule has 29 nitrogen and oxygen atoms in total. The second kappa shape index (κ2) is 45.1. The number of hydrogen-bond donors (Lipinski definition) is 3. The number of nitrogens with two attached hydrogens (primary N) is 2. The molecule has 8 aromatic carbocycles. The summed E-state index contributed by atoms with van der Waals surface area (Å²) in [5.41, 5.74) is 34.2. The van der Waals surface area contributed by atoms with Gasteiger partial charge in [-0.1, -0.05) is 59.6 Å². The summed E-state index contributed by atoms with van der Waals surface area (Å²) in [5, 5.41) is 22.7. The molecule has 0 bridgehead atoms. The summed E-state index contributed by atoms with van der Waals surface area (Å²) < 4.78 is 95.2. The number of aromatic nitrogens is 10. The third-order valence-corrected chi connectivity index (χ3v) is 29.1. The van der Waals surface area contributed by atoms with Crippen LogP contribution in [0.15, 0.2) is 194 Å². The molecular formula is C108H119B2Cl2F2IN12O17. The number of aryl methyl sites for hydroxylation is 12. The fourth-order valence-electron chi connectivity index (χ4n) is 17.6. The summed E-state index contributed by atoms with van der Waals surface area (Å²) in [6.45, 7) is 33.3. The number of nitrogen functional groups attached to an aromatic ring is 2. The quantitative estimate of drug-likeness (QED) is 0.0394. The van der Waals surface area contributed by atoms with Crippen molar-refractivity contribution in [3.63, 3.8) is 0 Å². The van der Waals surface area contributed by atoms with Crippen LogP contribution in [0.1, 0.15) is 183 Å². The Hall–Kier alpha value is -13.0. The number of nitrogens with one attached hydrogen (secondary N) is 1. The largest absolute Gasteiger partial charge is 0.495 e. The standard InChI is InChI=1S/C33H31FN2O5.C26H30BFO6.C14H22BNO2.C13H13IN2O.C13H15N3O.C5H5ClN2O.C4H3ClN2O/c1-18-13-20(27-10-12-30(37)36(3)35-27)14-19(2)32(18)24-7-9-26(34)33-25(24)8-11-28(33)41-22-5-6-23-21(15-31(38)39-4)17-40-29(23)16-22;1-25(2)26(3,4)34-27(33-25)19-9-10-20(28)24-18(19)8-11-21(24)32-16-6-7-17-15(12-23(29)30-5)14-31-22(17)13-16;1-9-7-11(8-10(2)12(9)16)15-17-13(3,4)14(5,6)18-15;2*1-8-6-10(7-9(2)13(8)14)11-4-5-12(17)16(3)15-11;1-8-5(9)3-2-4(6)7-8;5-3-1-2-4(8)7-6-3/h5-7,9-10,12-14,16,21,28H,8,11,15,17H2,1-4H3;6-7,9-10,13,15,21H,8,11-12,14H2,1-5H3;7-8H,16H2,1-6H3;4-7H,1-3H3;4-7H,14H2,1-3H3;2-3H,1H3;1-2H,(H,7,8)/t21-,28-;15-,21-;;;;;/m11...../s1. The lowest BCUT2D eigenvalue weighted by Gasteiger charge is -2.32. The Morgan fingerprint density at radius 3 is 1.22 bits per heavy atom. The summed E-state index contributed by atoms with van der Waals surface area (Å²) in [7, 11) is 8.40. The first kappa shape index (κ1) is 108. The van der Waals surface area contributed by atoms with E-state index in [4.69, 9.17) is 81.7 Å². The molecular weight excluding hydrogens is 1990 g/mol. The number of aromatic amines is 1. The Morgan fingerprint density at radius 2 is 0.826 bits per heavy atom. The first-order valence-corrected chi connectivity index (χ1v) is 48.8. The summed E-state index contributed by atoms with van der Waals surface area (Å²) >= 11 is 13.1. The number of methoxy groups -OCH3 is 2. The molecule has 6 aliphatic rings. The minimum Gasteiger partial charge on any atom is -0.492 e. The van der Waals surface area contributed by atoms with Gasteiger partial charge in [0.25, 0.3) is 27.8 Å². The molecule has 19 rings (SSSR count). The van der Waals surface area contributed by atoms with Gasteiger partial charge in [-0.2, -0.15) is 25.5 Å². The molecule has 2 fully saturated rings. The normalized spacial score (nSPS) is 16.8. The number of fused-ring (bicyclic) bond motifs is 4. The van der Waals surface area contributed by atoms with Gasteiger partial charge in [-0.05, 0) is 328 Å². The van der Waals surface area contributed by atoms with Crippen molar-refractivity contribution in [1.29, 1.82) is 0 Å². The van der Waals surface area contributed by atoms with Gasteiger partial charge in [0.15, 0.2) is 0 Å². The summed E-state index contributed by atoms with van der Waals surface area (Å²) in [4.78, 5) is 78.6. The Labute approximate surface area is 859 Å². The molecule has 5 N–H and O–H groups in total. The van der Waals surface area contributed by atoms with E-state index < -0.39 is 30.5 Å². The van der Waals surface area contributed by atoms with Crippen molar-refractivity contribution < 1.29 is 65.4 Å². The highest BCUT2D eigenvalue weighted by molar-refractivity contribution is 14.1. The van der Waals surface area contributed by atoms with E-state index in [-0.39, 0.29) is 94.4 Å². The maximum Gasteiger partial charge on any atom is 0.495 e. The van der Waals surface area contributed by atoms with Crippen LogP contribution in [0.5, 0.6) is 23.0 Å². The molecule has 144 heavy (non-hydrogen) atoms. The van der Waals surface area contributed by atoms with E-state index >= 15 is 8.78 Å². The zero-order valence-electron chi connectivity index (χ0n) is 84.8. The molecule has 0 saturated carbocycles. The third kappa shape index (κ3) is 25.0. The molecule has 9 heterocycles. The predicted molar refractivity (Wildman–Crippen MR) is 564 cm³/mol. The summed E-state index contributed by atoms with van der Waals surface area (Å²) in [6, 6.07) is 49.6. The fraction of sp³-hybridized carbons (Fsp3) is 0.352. The van der Waals surface area contributed by atoms with Crippen LogP contribution in [0.25, 0.3) is 44.9 Å². The van der Waals surface area contributed by atoms with Crippen LogP contribution in [-0.4, -0.2) is 125 Å². The monoisotopic (exact) mass is 2110 g/mol. The van der Waals surface area contributed by atoms with Crippen molar-refractivity contribution in [2.24, 2.45) is 28.2 Å². The zero-order chi connectivity index (χ0) is 105. The number of rotatable bonds is 14.